The first kappa shape index (κ1) is 97.2. The lowest BCUT2D eigenvalue weighted by Crippen LogP contribution is -2.30. The maximum absolute atomic E-state index is 13.1. The van der Waals surface area contributed by atoms with Crippen molar-refractivity contribution in [2.45, 2.75) is 329 Å². The molecule has 5 atom stereocenters. The predicted molar refractivity (Wildman–Crippen MR) is 418 cm³/mol. The second kappa shape index (κ2) is 74.5. The molecule has 0 rings (SSSR count). The van der Waals surface area contributed by atoms with Crippen LogP contribution in [0.5, 0.6) is 0 Å². The standard InChI is InChI=1S/C83H140O17P2/c1-5-9-13-17-21-25-29-32-35-37-38-40-42-45-49-52-56-60-64-68-81(86)94-74-79(100-83(88)70-66-62-58-54-50-46-43-39-36-33-30-26-22-18-14-10-6-2)76-98-102(91,92)96-72-77(84)71-95-101(89,90)97-75-78(99-82(87)69-65-61-57-53-47-28-24-20-16-12-8-4)73-93-80(85)67-63-59-55-51-48-44-41-34-31-27-23-19-15-11-7-3/h10-11,14-15,21-23,25-27,32-36,38,40-41,43,46,48,51,77-79,84H,5-9,12-13,16-20,24,28-31,37,39,42,44-45,47,49-50,52-76H2,1-4H3,(H,89,90)(H,91,92)/b14-10-,15-11-,25-21-,26-22-,27-23-,35-32-,36-33-,40-38-,41-34-,46-43-,51-48-. The molecule has 0 amide bonds. The van der Waals surface area contributed by atoms with E-state index in [1.165, 1.54) is 57.8 Å². The van der Waals surface area contributed by atoms with E-state index in [4.69, 9.17) is 37.0 Å². The second-order valence-electron chi connectivity index (χ2n) is 25.9. The zero-order valence-electron chi connectivity index (χ0n) is 63.7. The third-order valence-electron chi connectivity index (χ3n) is 16.1. The third-order valence-corrected chi connectivity index (χ3v) is 18.0. The van der Waals surface area contributed by atoms with E-state index in [2.05, 4.69) is 161 Å². The maximum Gasteiger partial charge on any atom is 0.472 e. The Morgan fingerprint density at radius 1 is 0.284 bits per heavy atom. The van der Waals surface area contributed by atoms with Crippen molar-refractivity contribution in [3.8, 4) is 0 Å². The van der Waals surface area contributed by atoms with Crippen LogP contribution in [0.15, 0.2) is 134 Å². The summed E-state index contributed by atoms with van der Waals surface area (Å²) >= 11 is 0. The van der Waals surface area contributed by atoms with Gasteiger partial charge in [0.25, 0.3) is 0 Å². The molecule has 0 aliphatic rings. The van der Waals surface area contributed by atoms with Gasteiger partial charge in [-0.25, -0.2) is 9.13 Å². The predicted octanol–water partition coefficient (Wildman–Crippen LogP) is 22.9. The molecule has 3 N–H and O–H groups in total. The highest BCUT2D eigenvalue weighted by atomic mass is 31.2. The Kier molecular flexibility index (Phi) is 71.0. The van der Waals surface area contributed by atoms with Crippen molar-refractivity contribution in [1.29, 1.82) is 0 Å². The molecule has 102 heavy (non-hydrogen) atoms. The van der Waals surface area contributed by atoms with Crippen molar-refractivity contribution in [2.24, 2.45) is 0 Å². The lowest BCUT2D eigenvalue weighted by atomic mass is 10.1. The summed E-state index contributed by atoms with van der Waals surface area (Å²) in [5.41, 5.74) is 0. The van der Waals surface area contributed by atoms with Crippen molar-refractivity contribution >= 4 is 39.5 Å². The number of aliphatic hydroxyl groups is 1. The van der Waals surface area contributed by atoms with Gasteiger partial charge in [-0.3, -0.25) is 37.3 Å². The molecule has 0 aliphatic carbocycles. The number of esters is 4. The van der Waals surface area contributed by atoms with Crippen LogP contribution in [0.4, 0.5) is 0 Å². The highest BCUT2D eigenvalue weighted by Gasteiger charge is 2.30. The Morgan fingerprint density at radius 3 is 0.824 bits per heavy atom. The molecule has 5 unspecified atom stereocenters. The fraction of sp³-hybridized carbons (Fsp3) is 0.687. The Bertz CT molecular complexity index is 2460. The topological polar surface area (TPSA) is 237 Å². The molecule has 0 saturated carbocycles. The molecule has 0 aliphatic heterocycles. The number of phosphoric ester groups is 2. The largest absolute Gasteiger partial charge is 0.472 e. The van der Waals surface area contributed by atoms with Crippen LogP contribution in [-0.4, -0.2) is 96.7 Å². The normalized spacial score (nSPS) is 14.6. The van der Waals surface area contributed by atoms with Crippen LogP contribution in [0.3, 0.4) is 0 Å². The molecule has 0 heterocycles. The van der Waals surface area contributed by atoms with Crippen molar-refractivity contribution in [2.75, 3.05) is 39.6 Å². The third kappa shape index (κ3) is 73.5. The van der Waals surface area contributed by atoms with Gasteiger partial charge in [0.05, 0.1) is 26.4 Å². The average molecular weight is 1470 g/mol. The van der Waals surface area contributed by atoms with E-state index in [-0.39, 0.29) is 25.7 Å². The molecular weight excluding hydrogens is 1330 g/mol. The Balaban J connectivity index is 5.40. The van der Waals surface area contributed by atoms with E-state index in [1.54, 1.807) is 0 Å². The van der Waals surface area contributed by atoms with Gasteiger partial charge >= 0.3 is 39.5 Å². The van der Waals surface area contributed by atoms with Gasteiger partial charge in [-0.2, -0.15) is 0 Å². The monoisotopic (exact) mass is 1470 g/mol. The van der Waals surface area contributed by atoms with E-state index in [0.29, 0.717) is 25.7 Å². The minimum Gasteiger partial charge on any atom is -0.462 e. The number of hydrogen-bond acceptors (Lipinski definition) is 15. The number of unbranched alkanes of at least 4 members (excludes halogenated alkanes) is 25. The van der Waals surface area contributed by atoms with Crippen LogP contribution in [0.25, 0.3) is 0 Å². The van der Waals surface area contributed by atoms with Gasteiger partial charge in [0.15, 0.2) is 12.2 Å². The van der Waals surface area contributed by atoms with Crippen molar-refractivity contribution in [3.05, 3.63) is 134 Å². The fourth-order valence-electron chi connectivity index (χ4n) is 10.1. The first-order valence-electron chi connectivity index (χ1n) is 39.4. The molecular formula is C83H140O17P2. The molecule has 0 bridgehead atoms. The Hall–Kier alpha value is -4.80. The van der Waals surface area contributed by atoms with E-state index in [1.807, 2.05) is 0 Å². The van der Waals surface area contributed by atoms with E-state index in [0.717, 1.165) is 173 Å². The van der Waals surface area contributed by atoms with E-state index >= 15 is 0 Å². The van der Waals surface area contributed by atoms with Crippen LogP contribution >= 0.6 is 15.6 Å². The minimum atomic E-state index is -4.99. The summed E-state index contributed by atoms with van der Waals surface area (Å²) in [5, 5.41) is 10.6. The molecule has 0 radical (unpaired) electrons. The summed E-state index contributed by atoms with van der Waals surface area (Å²) in [6, 6.07) is 0. The zero-order chi connectivity index (χ0) is 74.6. The number of ether oxygens (including phenoxy) is 4. The molecule has 19 heteroatoms. The SMILES string of the molecule is CC/C=C\C/C=C\C/C=C\C/C=C\CCCCCCC(=O)OC(COC(=O)CCCCCCCC/C=C\C/C=C\C/C=C\CCCCC)COP(=O)(O)OCC(O)COP(=O)(O)OCC(COC(=O)CCCC/C=C\C/C=C\C/C=C\C/C=C\CC)OC(=O)CCCCCCCCCCCCC. The molecule has 0 spiro atoms. The van der Waals surface area contributed by atoms with Crippen molar-refractivity contribution < 1.29 is 80.2 Å². The highest BCUT2D eigenvalue weighted by molar-refractivity contribution is 7.47. The summed E-state index contributed by atoms with van der Waals surface area (Å²) < 4.78 is 68.5. The van der Waals surface area contributed by atoms with Crippen molar-refractivity contribution in [1.82, 2.24) is 0 Å². The molecule has 0 aromatic carbocycles. The number of aliphatic hydroxyl groups excluding tert-OH is 1. The zero-order valence-corrected chi connectivity index (χ0v) is 65.5. The Morgan fingerprint density at radius 2 is 0.510 bits per heavy atom. The lowest BCUT2D eigenvalue weighted by molar-refractivity contribution is -0.161. The number of rotatable bonds is 73. The van der Waals surface area contributed by atoms with Crippen LogP contribution < -0.4 is 0 Å². The van der Waals surface area contributed by atoms with Gasteiger partial charge in [0.2, 0.25) is 0 Å². The average Bonchev–Trinajstić information content (AvgIpc) is 0.927. The van der Waals surface area contributed by atoms with E-state index < -0.39 is 97.5 Å². The van der Waals surface area contributed by atoms with Gasteiger partial charge in [0.1, 0.15) is 19.3 Å². The molecule has 0 aromatic heterocycles. The number of hydrogen-bond donors (Lipinski definition) is 3. The summed E-state index contributed by atoms with van der Waals surface area (Å²) in [5.74, 6) is -2.26. The van der Waals surface area contributed by atoms with Gasteiger partial charge in [-0.05, 0) is 141 Å². The number of allylic oxidation sites excluding steroid dienone is 22. The summed E-state index contributed by atoms with van der Waals surface area (Å²) in [7, 11) is -9.98. The van der Waals surface area contributed by atoms with Gasteiger partial charge in [-0.1, -0.05) is 277 Å². The fourth-order valence-corrected chi connectivity index (χ4v) is 11.7. The molecule has 0 saturated heterocycles. The number of carbonyl (C=O) groups is 4. The minimum absolute atomic E-state index is 0.0602. The maximum atomic E-state index is 13.1. The number of phosphoric acid groups is 2. The summed E-state index contributed by atoms with van der Waals surface area (Å²) in [6.45, 7) is 4.53. The van der Waals surface area contributed by atoms with Crippen LogP contribution in [0.1, 0.15) is 310 Å². The molecule has 584 valence electrons. The molecule has 0 aromatic rings. The quantitative estimate of drug-likeness (QED) is 0.0169. The first-order chi connectivity index (χ1) is 49.7. The highest BCUT2D eigenvalue weighted by Crippen LogP contribution is 2.45. The van der Waals surface area contributed by atoms with Crippen LogP contribution in [0.2, 0.25) is 0 Å². The first-order valence-corrected chi connectivity index (χ1v) is 42.4. The van der Waals surface area contributed by atoms with Crippen molar-refractivity contribution in [3.63, 3.8) is 0 Å². The summed E-state index contributed by atoms with van der Waals surface area (Å²) in [4.78, 5) is 72.9. The van der Waals surface area contributed by atoms with Crippen LogP contribution in [-0.2, 0) is 65.4 Å². The lowest BCUT2D eigenvalue weighted by Gasteiger charge is -2.21. The summed E-state index contributed by atoms with van der Waals surface area (Å²) in [6.07, 6.45) is 83.0. The Labute approximate surface area is 618 Å². The number of carbonyl (C=O) groups excluding carboxylic acids is 4. The second-order valence-corrected chi connectivity index (χ2v) is 28.8. The van der Waals surface area contributed by atoms with Gasteiger partial charge in [0, 0.05) is 25.7 Å². The smallest absolute Gasteiger partial charge is 0.462 e. The van der Waals surface area contributed by atoms with Gasteiger partial charge in [-0.15, -0.1) is 0 Å². The van der Waals surface area contributed by atoms with Crippen LogP contribution in [0, 0.1) is 0 Å². The molecule has 17 nitrogen and oxygen atoms in total. The van der Waals surface area contributed by atoms with Gasteiger partial charge < -0.3 is 33.8 Å². The van der Waals surface area contributed by atoms with E-state index in [9.17, 15) is 43.2 Å². The molecule has 0 fully saturated rings.